The molecule has 0 aliphatic rings. The van der Waals surface area contributed by atoms with Crippen LogP contribution >= 0.6 is 27.3 Å². The SMILES string of the molecule is FC(F)(F)c1cccc(CNCCc2ccc(Br)s2)c1. The molecule has 0 aliphatic heterocycles. The molecule has 1 heterocycles. The van der Waals surface area contributed by atoms with Crippen LogP contribution in [0.1, 0.15) is 16.0 Å². The largest absolute Gasteiger partial charge is 0.416 e. The summed E-state index contributed by atoms with van der Waals surface area (Å²) in [5, 5.41) is 3.16. The molecule has 6 heteroatoms. The number of thiophene rings is 1. The summed E-state index contributed by atoms with van der Waals surface area (Å²) in [6, 6.07) is 9.45. The van der Waals surface area contributed by atoms with Gasteiger partial charge in [-0.05, 0) is 46.1 Å². The van der Waals surface area contributed by atoms with Crippen LogP contribution in [0, 0.1) is 0 Å². The zero-order valence-corrected chi connectivity index (χ0v) is 12.9. The number of halogens is 4. The molecule has 1 aromatic heterocycles. The van der Waals surface area contributed by atoms with Gasteiger partial charge in [0.1, 0.15) is 0 Å². The highest BCUT2D eigenvalue weighted by molar-refractivity contribution is 9.11. The van der Waals surface area contributed by atoms with E-state index in [0.717, 1.165) is 22.8 Å². The molecular weight excluding hydrogens is 351 g/mol. The third-order valence-electron chi connectivity index (χ3n) is 2.76. The predicted octanol–water partition coefficient (Wildman–Crippen LogP) is 4.86. The second kappa shape index (κ2) is 6.74. The lowest BCUT2D eigenvalue weighted by Gasteiger charge is -2.09. The van der Waals surface area contributed by atoms with Crippen molar-refractivity contribution in [2.24, 2.45) is 0 Å². The molecule has 1 N–H and O–H groups in total. The summed E-state index contributed by atoms with van der Waals surface area (Å²) < 4.78 is 38.8. The van der Waals surface area contributed by atoms with Gasteiger partial charge >= 0.3 is 6.18 Å². The Morgan fingerprint density at radius 2 is 1.95 bits per heavy atom. The average molecular weight is 364 g/mol. The van der Waals surface area contributed by atoms with Crippen molar-refractivity contribution in [1.29, 1.82) is 0 Å². The number of nitrogens with one attached hydrogen (secondary N) is 1. The second-order valence-corrected chi connectivity index (χ2v) is 6.88. The van der Waals surface area contributed by atoms with E-state index < -0.39 is 11.7 Å². The Labute approximate surface area is 128 Å². The summed E-state index contributed by atoms with van der Waals surface area (Å²) in [7, 11) is 0. The zero-order chi connectivity index (χ0) is 14.6. The van der Waals surface area contributed by atoms with E-state index in [4.69, 9.17) is 0 Å². The molecule has 0 spiro atoms. The molecule has 20 heavy (non-hydrogen) atoms. The van der Waals surface area contributed by atoms with Crippen LogP contribution in [0.3, 0.4) is 0 Å². The molecule has 1 nitrogen and oxygen atoms in total. The standard InChI is InChI=1S/C14H13BrF3NS/c15-13-5-4-12(20-13)6-7-19-9-10-2-1-3-11(8-10)14(16,17)18/h1-5,8,19H,6-7,9H2. The van der Waals surface area contributed by atoms with Gasteiger partial charge in [-0.1, -0.05) is 18.2 Å². The monoisotopic (exact) mass is 363 g/mol. The minimum Gasteiger partial charge on any atom is -0.312 e. The van der Waals surface area contributed by atoms with Crippen molar-refractivity contribution in [2.75, 3.05) is 6.54 Å². The Morgan fingerprint density at radius 3 is 2.60 bits per heavy atom. The van der Waals surface area contributed by atoms with Crippen molar-refractivity contribution in [1.82, 2.24) is 5.32 Å². The van der Waals surface area contributed by atoms with Gasteiger partial charge in [0, 0.05) is 18.0 Å². The molecule has 108 valence electrons. The van der Waals surface area contributed by atoms with Gasteiger partial charge in [-0.2, -0.15) is 13.2 Å². The van der Waals surface area contributed by atoms with E-state index >= 15 is 0 Å². The molecule has 0 saturated carbocycles. The number of benzene rings is 1. The van der Waals surface area contributed by atoms with Crippen molar-refractivity contribution < 1.29 is 13.2 Å². The Morgan fingerprint density at radius 1 is 1.15 bits per heavy atom. The average Bonchev–Trinajstić information content (AvgIpc) is 2.80. The number of hydrogen-bond donors (Lipinski definition) is 1. The van der Waals surface area contributed by atoms with E-state index in [2.05, 4.69) is 21.2 Å². The highest BCUT2D eigenvalue weighted by Gasteiger charge is 2.30. The third kappa shape index (κ3) is 4.61. The first-order chi connectivity index (χ1) is 9.45. The maximum Gasteiger partial charge on any atom is 0.416 e. The molecule has 1 aromatic carbocycles. The van der Waals surface area contributed by atoms with Gasteiger partial charge in [0.2, 0.25) is 0 Å². The van der Waals surface area contributed by atoms with Crippen molar-refractivity contribution in [3.05, 3.63) is 56.2 Å². The molecule has 0 radical (unpaired) electrons. The molecule has 2 rings (SSSR count). The number of rotatable bonds is 5. The lowest BCUT2D eigenvalue weighted by molar-refractivity contribution is -0.137. The lowest BCUT2D eigenvalue weighted by atomic mass is 10.1. The van der Waals surface area contributed by atoms with Crippen LogP contribution in [-0.4, -0.2) is 6.54 Å². The summed E-state index contributed by atoms with van der Waals surface area (Å²) in [4.78, 5) is 1.24. The first-order valence-corrected chi connectivity index (χ1v) is 7.67. The van der Waals surface area contributed by atoms with Crippen LogP contribution in [0.2, 0.25) is 0 Å². The normalized spacial score (nSPS) is 11.8. The van der Waals surface area contributed by atoms with E-state index in [9.17, 15) is 13.2 Å². The first kappa shape index (κ1) is 15.5. The van der Waals surface area contributed by atoms with Crippen LogP contribution in [-0.2, 0) is 19.1 Å². The fraction of sp³-hybridized carbons (Fsp3) is 0.286. The van der Waals surface area contributed by atoms with E-state index in [1.165, 1.54) is 17.0 Å². The summed E-state index contributed by atoms with van der Waals surface area (Å²) in [5.74, 6) is 0. The maximum atomic E-state index is 12.6. The van der Waals surface area contributed by atoms with Crippen LogP contribution in [0.25, 0.3) is 0 Å². The number of alkyl halides is 3. The van der Waals surface area contributed by atoms with Gasteiger partial charge in [0.25, 0.3) is 0 Å². The molecule has 0 amide bonds. The molecular formula is C14H13BrF3NS. The minimum atomic E-state index is -4.28. The van der Waals surface area contributed by atoms with Gasteiger partial charge < -0.3 is 5.32 Å². The summed E-state index contributed by atoms with van der Waals surface area (Å²) in [6.07, 6.45) is -3.41. The fourth-order valence-electron chi connectivity index (χ4n) is 1.79. The summed E-state index contributed by atoms with van der Waals surface area (Å²) in [6.45, 7) is 1.18. The zero-order valence-electron chi connectivity index (χ0n) is 10.5. The van der Waals surface area contributed by atoms with Crippen molar-refractivity contribution >= 4 is 27.3 Å². The molecule has 0 unspecified atom stereocenters. The van der Waals surface area contributed by atoms with Crippen molar-refractivity contribution in [3.8, 4) is 0 Å². The van der Waals surface area contributed by atoms with Crippen LogP contribution in [0.15, 0.2) is 40.2 Å². The third-order valence-corrected chi connectivity index (χ3v) is 4.44. The van der Waals surface area contributed by atoms with Crippen LogP contribution < -0.4 is 5.32 Å². The minimum absolute atomic E-state index is 0.441. The van der Waals surface area contributed by atoms with Crippen molar-refractivity contribution in [3.63, 3.8) is 0 Å². The van der Waals surface area contributed by atoms with E-state index in [1.807, 2.05) is 12.1 Å². The Balaban J connectivity index is 1.82. The smallest absolute Gasteiger partial charge is 0.312 e. The van der Waals surface area contributed by atoms with Crippen molar-refractivity contribution in [2.45, 2.75) is 19.1 Å². The predicted molar refractivity (Wildman–Crippen MR) is 78.9 cm³/mol. The van der Waals surface area contributed by atoms with Gasteiger partial charge in [-0.25, -0.2) is 0 Å². The van der Waals surface area contributed by atoms with E-state index in [0.29, 0.717) is 12.1 Å². The molecule has 0 fully saturated rings. The molecule has 0 bridgehead atoms. The van der Waals surface area contributed by atoms with E-state index in [1.54, 1.807) is 17.4 Å². The highest BCUT2D eigenvalue weighted by Crippen LogP contribution is 2.29. The van der Waals surface area contributed by atoms with Gasteiger partial charge in [-0.3, -0.25) is 0 Å². The topological polar surface area (TPSA) is 12.0 Å². The van der Waals surface area contributed by atoms with Crippen LogP contribution in [0.4, 0.5) is 13.2 Å². The Bertz CT molecular complexity index is 566. The molecule has 0 atom stereocenters. The van der Waals surface area contributed by atoms with Crippen LogP contribution in [0.5, 0.6) is 0 Å². The van der Waals surface area contributed by atoms with E-state index in [-0.39, 0.29) is 0 Å². The Kier molecular flexibility index (Phi) is 5.23. The highest BCUT2D eigenvalue weighted by atomic mass is 79.9. The van der Waals surface area contributed by atoms with Gasteiger partial charge in [-0.15, -0.1) is 11.3 Å². The first-order valence-electron chi connectivity index (χ1n) is 6.06. The maximum absolute atomic E-state index is 12.6. The molecule has 0 aliphatic carbocycles. The van der Waals surface area contributed by atoms with Gasteiger partial charge in [0.05, 0.1) is 9.35 Å². The number of hydrogen-bond acceptors (Lipinski definition) is 2. The molecule has 2 aromatic rings. The second-order valence-electron chi connectivity index (χ2n) is 4.33. The lowest BCUT2D eigenvalue weighted by Crippen LogP contribution is -2.16. The van der Waals surface area contributed by atoms with Gasteiger partial charge in [0.15, 0.2) is 0 Å². The molecule has 0 saturated heterocycles. The quantitative estimate of drug-likeness (QED) is 0.747. The summed E-state index contributed by atoms with van der Waals surface area (Å²) >= 11 is 5.06. The Hall–Kier alpha value is -0.850. The summed E-state index contributed by atoms with van der Waals surface area (Å²) in [5.41, 5.74) is 0.0474. The fourth-order valence-corrected chi connectivity index (χ4v) is 3.27.